The van der Waals surface area contributed by atoms with Crippen LogP contribution in [0.4, 0.5) is 0 Å². The molecular weight excluding hydrogens is 428 g/mol. The van der Waals surface area contributed by atoms with Crippen molar-refractivity contribution in [2.45, 2.75) is 6.92 Å². The molecule has 1 aliphatic rings. The number of nitrogens with zero attached hydrogens (tertiary/aromatic N) is 2. The van der Waals surface area contributed by atoms with Crippen LogP contribution in [0.1, 0.15) is 17.3 Å². The summed E-state index contributed by atoms with van der Waals surface area (Å²) in [5.41, 5.74) is 0.559. The number of aldehydes is 1. The highest BCUT2D eigenvalue weighted by Gasteiger charge is 2.11. The molecule has 9 nitrogen and oxygen atoms in total. The molecule has 0 fully saturated rings. The van der Waals surface area contributed by atoms with E-state index in [1.165, 1.54) is 0 Å². The molecule has 1 aromatic carbocycles. The van der Waals surface area contributed by atoms with E-state index in [2.05, 4.69) is 9.80 Å². The summed E-state index contributed by atoms with van der Waals surface area (Å²) in [7, 11) is 2.02. The molecule has 0 aliphatic carbocycles. The van der Waals surface area contributed by atoms with Crippen LogP contribution in [0.15, 0.2) is 18.2 Å². The highest BCUT2D eigenvalue weighted by Crippen LogP contribution is 2.28. The van der Waals surface area contributed by atoms with Gasteiger partial charge in [-0.1, -0.05) is 0 Å². The van der Waals surface area contributed by atoms with Gasteiger partial charge >= 0.3 is 0 Å². The predicted molar refractivity (Wildman–Crippen MR) is 126 cm³/mol. The van der Waals surface area contributed by atoms with E-state index in [1.54, 1.807) is 18.2 Å². The Hall–Kier alpha value is -1.75. The van der Waals surface area contributed by atoms with Gasteiger partial charge in [-0.15, -0.1) is 0 Å². The van der Waals surface area contributed by atoms with Gasteiger partial charge in [0.2, 0.25) is 0 Å². The molecule has 33 heavy (non-hydrogen) atoms. The normalized spacial score (nSPS) is 18.4. The largest absolute Gasteiger partial charge is 0.488 e. The van der Waals surface area contributed by atoms with E-state index in [0.29, 0.717) is 89.7 Å². The van der Waals surface area contributed by atoms with E-state index in [-0.39, 0.29) is 0 Å². The summed E-state index contributed by atoms with van der Waals surface area (Å²) in [5, 5.41) is 0. The summed E-state index contributed by atoms with van der Waals surface area (Å²) in [4.78, 5) is 15.6. The number of hydrogen-bond donors (Lipinski definition) is 0. The van der Waals surface area contributed by atoms with Gasteiger partial charge in [-0.3, -0.25) is 9.69 Å². The zero-order chi connectivity index (χ0) is 23.6. The van der Waals surface area contributed by atoms with Gasteiger partial charge in [0.1, 0.15) is 19.5 Å². The van der Waals surface area contributed by atoms with Crippen LogP contribution in [0.2, 0.25) is 0 Å². The first-order valence-corrected chi connectivity index (χ1v) is 11.8. The van der Waals surface area contributed by atoms with Crippen molar-refractivity contribution in [3.05, 3.63) is 23.8 Å². The van der Waals surface area contributed by atoms with Gasteiger partial charge in [0, 0.05) is 44.9 Å². The van der Waals surface area contributed by atoms with Crippen LogP contribution in [0.25, 0.3) is 0 Å². The van der Waals surface area contributed by atoms with Crippen LogP contribution in [0.3, 0.4) is 0 Å². The number of likely N-dealkylation sites (N-methyl/N-ethyl adjacent to an activating group) is 1. The first-order chi connectivity index (χ1) is 16.2. The minimum absolute atomic E-state index is 0.485. The van der Waals surface area contributed by atoms with Crippen LogP contribution >= 0.6 is 0 Å². The van der Waals surface area contributed by atoms with Crippen LogP contribution in [0, 0.1) is 0 Å². The van der Waals surface area contributed by atoms with E-state index >= 15 is 0 Å². The Labute approximate surface area is 197 Å². The summed E-state index contributed by atoms with van der Waals surface area (Å²) in [6.45, 7) is 11.7. The molecule has 0 saturated carbocycles. The SMILES string of the molecule is CCOCCOCCN1CCOCCOCCN(C)CCOc2cc(C=O)ccc2OCC1. The molecule has 0 unspecified atom stereocenters. The van der Waals surface area contributed by atoms with Gasteiger partial charge < -0.3 is 33.3 Å². The summed E-state index contributed by atoms with van der Waals surface area (Å²) in [6.07, 6.45) is 0.811. The topological polar surface area (TPSA) is 78.9 Å². The van der Waals surface area contributed by atoms with E-state index < -0.39 is 0 Å². The maximum Gasteiger partial charge on any atom is 0.161 e. The number of fused-ring (bicyclic) bond motifs is 1. The highest BCUT2D eigenvalue weighted by molar-refractivity contribution is 5.76. The molecule has 188 valence electrons. The molecular formula is C24H40N2O7. The predicted octanol–water partition coefficient (Wildman–Crippen LogP) is 1.59. The Kier molecular flexibility index (Phi) is 14.7. The third kappa shape index (κ3) is 12.3. The van der Waals surface area contributed by atoms with Crippen LogP contribution in [-0.4, -0.2) is 122 Å². The average molecular weight is 469 g/mol. The maximum absolute atomic E-state index is 11.2. The van der Waals surface area contributed by atoms with E-state index in [0.717, 1.165) is 32.5 Å². The molecule has 1 aliphatic heterocycles. The Bertz CT molecular complexity index is 647. The van der Waals surface area contributed by atoms with Crippen molar-refractivity contribution in [3.8, 4) is 11.5 Å². The molecule has 0 aromatic heterocycles. The van der Waals surface area contributed by atoms with Gasteiger partial charge in [-0.25, -0.2) is 0 Å². The molecule has 0 atom stereocenters. The molecule has 0 N–H and O–H groups in total. The van der Waals surface area contributed by atoms with Gasteiger partial charge in [0.05, 0.1) is 46.2 Å². The lowest BCUT2D eigenvalue weighted by molar-refractivity contribution is 0.0201. The lowest BCUT2D eigenvalue weighted by Crippen LogP contribution is -2.35. The minimum Gasteiger partial charge on any atom is -0.488 e. The average Bonchev–Trinajstić information content (AvgIpc) is 2.82. The standard InChI is InChI=1S/C24H40N2O7/c1-3-28-16-17-30-12-8-26-9-13-31-19-18-29-11-6-25(2)7-14-33-24-20-22(21-27)4-5-23(24)32-15-10-26/h4-5,20-21H,3,6-19H2,1-2H3. The second-order valence-corrected chi connectivity index (χ2v) is 7.70. The molecule has 1 aromatic rings. The van der Waals surface area contributed by atoms with E-state index in [4.69, 9.17) is 28.4 Å². The third-order valence-electron chi connectivity index (χ3n) is 5.17. The molecule has 0 radical (unpaired) electrons. The highest BCUT2D eigenvalue weighted by atomic mass is 16.5. The monoisotopic (exact) mass is 468 g/mol. The molecule has 0 saturated heterocycles. The van der Waals surface area contributed by atoms with E-state index in [9.17, 15) is 4.79 Å². The van der Waals surface area contributed by atoms with Crippen molar-refractivity contribution >= 4 is 6.29 Å². The first-order valence-electron chi connectivity index (χ1n) is 11.8. The Balaban J connectivity index is 1.93. The van der Waals surface area contributed by atoms with Gasteiger partial charge in [0.25, 0.3) is 0 Å². The van der Waals surface area contributed by atoms with Crippen LogP contribution in [0.5, 0.6) is 11.5 Å². The van der Waals surface area contributed by atoms with Gasteiger partial charge in [-0.2, -0.15) is 0 Å². The summed E-state index contributed by atoms with van der Waals surface area (Å²) < 4.78 is 34.4. The summed E-state index contributed by atoms with van der Waals surface area (Å²) >= 11 is 0. The molecule has 0 spiro atoms. The molecule has 0 bridgehead atoms. The molecule has 0 amide bonds. The molecule has 1 heterocycles. The quantitative estimate of drug-likeness (QED) is 0.417. The zero-order valence-electron chi connectivity index (χ0n) is 20.2. The Morgan fingerprint density at radius 2 is 1.52 bits per heavy atom. The number of rotatable bonds is 8. The fraction of sp³-hybridized carbons (Fsp3) is 0.708. The van der Waals surface area contributed by atoms with Crippen LogP contribution in [-0.2, 0) is 18.9 Å². The number of hydrogen-bond acceptors (Lipinski definition) is 9. The van der Waals surface area contributed by atoms with E-state index in [1.807, 2.05) is 14.0 Å². The number of carbonyl (C=O) groups excluding carboxylic acids is 1. The van der Waals surface area contributed by atoms with Crippen molar-refractivity contribution in [2.24, 2.45) is 0 Å². The number of carbonyl (C=O) groups is 1. The second kappa shape index (κ2) is 17.7. The number of benzene rings is 1. The summed E-state index contributed by atoms with van der Waals surface area (Å²) in [6, 6.07) is 5.25. The molecule has 9 heteroatoms. The van der Waals surface area contributed by atoms with Crippen molar-refractivity contribution in [2.75, 3.05) is 106 Å². The first kappa shape index (κ1) is 27.5. The lowest BCUT2D eigenvalue weighted by atomic mass is 10.2. The number of ether oxygens (including phenoxy) is 6. The van der Waals surface area contributed by atoms with Crippen molar-refractivity contribution in [1.29, 1.82) is 0 Å². The van der Waals surface area contributed by atoms with Crippen molar-refractivity contribution < 1.29 is 33.2 Å². The molecule has 2 rings (SSSR count). The lowest BCUT2D eigenvalue weighted by Gasteiger charge is -2.23. The third-order valence-corrected chi connectivity index (χ3v) is 5.17. The summed E-state index contributed by atoms with van der Waals surface area (Å²) in [5.74, 6) is 1.22. The Morgan fingerprint density at radius 3 is 2.30 bits per heavy atom. The van der Waals surface area contributed by atoms with Crippen LogP contribution < -0.4 is 9.47 Å². The Morgan fingerprint density at radius 1 is 0.848 bits per heavy atom. The fourth-order valence-electron chi connectivity index (χ4n) is 3.17. The second-order valence-electron chi connectivity index (χ2n) is 7.70. The zero-order valence-corrected chi connectivity index (χ0v) is 20.2. The smallest absolute Gasteiger partial charge is 0.161 e. The minimum atomic E-state index is 0.485. The maximum atomic E-state index is 11.2. The van der Waals surface area contributed by atoms with Gasteiger partial charge in [0.15, 0.2) is 11.5 Å². The van der Waals surface area contributed by atoms with Crippen molar-refractivity contribution in [3.63, 3.8) is 0 Å². The van der Waals surface area contributed by atoms with Gasteiger partial charge in [-0.05, 0) is 32.2 Å². The van der Waals surface area contributed by atoms with Crippen molar-refractivity contribution in [1.82, 2.24) is 9.80 Å². The fourth-order valence-corrected chi connectivity index (χ4v) is 3.17.